The van der Waals surface area contributed by atoms with Crippen LogP contribution < -0.4 is 0 Å². The van der Waals surface area contributed by atoms with Gasteiger partial charge in [0.1, 0.15) is 10.7 Å². The highest BCUT2D eigenvalue weighted by molar-refractivity contribution is 7.98. The number of benzene rings is 2. The summed E-state index contributed by atoms with van der Waals surface area (Å²) in [6, 6.07) is 26.5. The standard InChI is InChI=1S/C21H17N3S/c1-25-21-19(18-14-8-9-15-22-18)20(16-10-4-2-5-11-16)23-24(21)17-12-6-3-7-13-17/h2-15H,1H3. The van der Waals surface area contributed by atoms with Gasteiger partial charge in [0.2, 0.25) is 0 Å². The number of pyridine rings is 1. The summed E-state index contributed by atoms with van der Waals surface area (Å²) in [6.07, 6.45) is 3.91. The first kappa shape index (κ1) is 15.7. The molecule has 2 aromatic carbocycles. The predicted octanol–water partition coefficient (Wildman–Crippen LogP) is 5.32. The molecule has 0 bridgehead atoms. The molecule has 0 fully saturated rings. The molecule has 0 unspecified atom stereocenters. The molecule has 4 aromatic rings. The van der Waals surface area contributed by atoms with E-state index in [1.165, 1.54) is 0 Å². The van der Waals surface area contributed by atoms with Gasteiger partial charge in [0.25, 0.3) is 0 Å². The number of rotatable bonds is 4. The van der Waals surface area contributed by atoms with Crippen LogP contribution in [0.5, 0.6) is 0 Å². The van der Waals surface area contributed by atoms with Gasteiger partial charge in [-0.2, -0.15) is 5.10 Å². The largest absolute Gasteiger partial charge is 0.256 e. The predicted molar refractivity (Wildman–Crippen MR) is 104 cm³/mol. The minimum atomic E-state index is 0.938. The molecule has 4 rings (SSSR count). The van der Waals surface area contributed by atoms with Crippen LogP contribution in [0.4, 0.5) is 0 Å². The highest BCUT2D eigenvalue weighted by Crippen LogP contribution is 2.39. The van der Waals surface area contributed by atoms with E-state index in [1.54, 1.807) is 11.8 Å². The first-order valence-corrected chi connectivity index (χ1v) is 9.30. The Bertz CT molecular complexity index is 964. The molecule has 0 saturated carbocycles. The van der Waals surface area contributed by atoms with Crippen molar-refractivity contribution in [3.8, 4) is 28.2 Å². The second-order valence-electron chi connectivity index (χ2n) is 5.56. The van der Waals surface area contributed by atoms with Gasteiger partial charge in [0.15, 0.2) is 0 Å². The van der Waals surface area contributed by atoms with Crippen LogP contribution in [0.3, 0.4) is 0 Å². The maximum Gasteiger partial charge on any atom is 0.110 e. The van der Waals surface area contributed by atoms with Gasteiger partial charge in [-0.05, 0) is 30.5 Å². The van der Waals surface area contributed by atoms with Crippen molar-refractivity contribution in [3.63, 3.8) is 0 Å². The van der Waals surface area contributed by atoms with E-state index in [4.69, 9.17) is 5.10 Å². The fraction of sp³-hybridized carbons (Fsp3) is 0.0476. The van der Waals surface area contributed by atoms with Crippen LogP contribution in [0.15, 0.2) is 90.1 Å². The Kier molecular flexibility index (Phi) is 4.36. The van der Waals surface area contributed by atoms with Crippen molar-refractivity contribution >= 4 is 11.8 Å². The third-order valence-electron chi connectivity index (χ3n) is 4.01. The third kappa shape index (κ3) is 2.96. The molecule has 25 heavy (non-hydrogen) atoms. The molecule has 0 spiro atoms. The van der Waals surface area contributed by atoms with Crippen LogP contribution >= 0.6 is 11.8 Å². The number of para-hydroxylation sites is 1. The van der Waals surface area contributed by atoms with E-state index in [1.807, 2.05) is 65.5 Å². The summed E-state index contributed by atoms with van der Waals surface area (Å²) < 4.78 is 2.01. The van der Waals surface area contributed by atoms with E-state index < -0.39 is 0 Å². The number of hydrogen-bond acceptors (Lipinski definition) is 3. The molecule has 3 nitrogen and oxygen atoms in total. The summed E-state index contributed by atoms with van der Waals surface area (Å²) in [5, 5.41) is 6.04. The quantitative estimate of drug-likeness (QED) is 0.470. The van der Waals surface area contributed by atoms with E-state index in [9.17, 15) is 0 Å². The van der Waals surface area contributed by atoms with Crippen LogP contribution in [-0.4, -0.2) is 21.0 Å². The smallest absolute Gasteiger partial charge is 0.110 e. The normalized spacial score (nSPS) is 10.8. The molecule has 0 N–H and O–H groups in total. The third-order valence-corrected chi connectivity index (χ3v) is 4.77. The second kappa shape index (κ2) is 6.95. The molecule has 0 atom stereocenters. The van der Waals surface area contributed by atoms with Crippen LogP contribution in [0, 0.1) is 0 Å². The van der Waals surface area contributed by atoms with E-state index in [2.05, 4.69) is 35.5 Å². The molecular weight excluding hydrogens is 326 g/mol. The number of hydrogen-bond donors (Lipinski definition) is 0. The van der Waals surface area contributed by atoms with Crippen molar-refractivity contribution in [1.82, 2.24) is 14.8 Å². The second-order valence-corrected chi connectivity index (χ2v) is 6.36. The van der Waals surface area contributed by atoms with Crippen LogP contribution in [0.25, 0.3) is 28.2 Å². The van der Waals surface area contributed by atoms with Crippen molar-refractivity contribution in [3.05, 3.63) is 85.1 Å². The van der Waals surface area contributed by atoms with Crippen LogP contribution in [-0.2, 0) is 0 Å². The van der Waals surface area contributed by atoms with Gasteiger partial charge in [0, 0.05) is 11.8 Å². The van der Waals surface area contributed by atoms with Gasteiger partial charge in [-0.15, -0.1) is 11.8 Å². The van der Waals surface area contributed by atoms with Crippen molar-refractivity contribution in [2.45, 2.75) is 5.03 Å². The van der Waals surface area contributed by atoms with Gasteiger partial charge < -0.3 is 0 Å². The molecule has 122 valence electrons. The molecule has 0 aliphatic rings. The summed E-state index contributed by atoms with van der Waals surface area (Å²) in [5.41, 5.74) is 5.10. The summed E-state index contributed by atoms with van der Waals surface area (Å²) in [4.78, 5) is 4.58. The summed E-state index contributed by atoms with van der Waals surface area (Å²) in [6.45, 7) is 0. The molecule has 0 aliphatic carbocycles. The first-order valence-electron chi connectivity index (χ1n) is 8.08. The lowest BCUT2D eigenvalue weighted by atomic mass is 10.1. The minimum absolute atomic E-state index is 0.938. The molecule has 0 amide bonds. The number of thioether (sulfide) groups is 1. The van der Waals surface area contributed by atoms with Crippen molar-refractivity contribution in [2.75, 3.05) is 6.26 Å². The summed E-state index contributed by atoms with van der Waals surface area (Å²) in [5.74, 6) is 0. The zero-order valence-electron chi connectivity index (χ0n) is 13.8. The Morgan fingerprint density at radius 3 is 2.12 bits per heavy atom. The first-order chi connectivity index (χ1) is 12.4. The van der Waals surface area contributed by atoms with Gasteiger partial charge >= 0.3 is 0 Å². The molecular formula is C21H17N3S. The molecule has 2 heterocycles. The molecule has 2 aromatic heterocycles. The van der Waals surface area contributed by atoms with Crippen molar-refractivity contribution < 1.29 is 0 Å². The Labute approximate surface area is 151 Å². The van der Waals surface area contributed by atoms with Gasteiger partial charge in [-0.25, -0.2) is 4.68 Å². The van der Waals surface area contributed by atoms with Crippen molar-refractivity contribution in [1.29, 1.82) is 0 Å². The van der Waals surface area contributed by atoms with Gasteiger partial charge in [-0.3, -0.25) is 4.98 Å². The van der Waals surface area contributed by atoms with Gasteiger partial charge in [-0.1, -0.05) is 54.6 Å². The fourth-order valence-electron chi connectivity index (χ4n) is 2.87. The Morgan fingerprint density at radius 2 is 1.48 bits per heavy atom. The average Bonchev–Trinajstić information content (AvgIpc) is 3.09. The molecule has 0 aliphatic heterocycles. The molecule has 4 heteroatoms. The lowest BCUT2D eigenvalue weighted by molar-refractivity contribution is 0.807. The zero-order chi connectivity index (χ0) is 17.1. The Balaban J connectivity index is 2.02. The number of nitrogens with zero attached hydrogens (tertiary/aromatic N) is 3. The van der Waals surface area contributed by atoms with Crippen molar-refractivity contribution in [2.24, 2.45) is 0 Å². The average molecular weight is 343 g/mol. The zero-order valence-corrected chi connectivity index (χ0v) is 14.6. The van der Waals surface area contributed by atoms with E-state index >= 15 is 0 Å². The molecule has 0 radical (unpaired) electrons. The highest BCUT2D eigenvalue weighted by Gasteiger charge is 2.21. The number of aromatic nitrogens is 3. The monoisotopic (exact) mass is 343 g/mol. The SMILES string of the molecule is CSc1c(-c2ccccn2)c(-c2ccccc2)nn1-c1ccccc1. The highest BCUT2D eigenvalue weighted by atomic mass is 32.2. The van der Waals surface area contributed by atoms with Crippen LogP contribution in [0.2, 0.25) is 0 Å². The van der Waals surface area contributed by atoms with Crippen LogP contribution in [0.1, 0.15) is 0 Å². The summed E-state index contributed by atoms with van der Waals surface area (Å²) >= 11 is 1.69. The summed E-state index contributed by atoms with van der Waals surface area (Å²) in [7, 11) is 0. The fourth-order valence-corrected chi connectivity index (χ4v) is 3.60. The Morgan fingerprint density at radius 1 is 0.800 bits per heavy atom. The maximum absolute atomic E-state index is 4.95. The Hall–Kier alpha value is -2.85. The topological polar surface area (TPSA) is 30.7 Å². The van der Waals surface area contributed by atoms with E-state index in [0.29, 0.717) is 0 Å². The van der Waals surface area contributed by atoms with Gasteiger partial charge in [0.05, 0.1) is 16.9 Å². The maximum atomic E-state index is 4.95. The van der Waals surface area contributed by atoms with E-state index in [0.717, 1.165) is 33.2 Å². The molecule has 0 saturated heterocycles. The lowest BCUT2D eigenvalue weighted by Crippen LogP contribution is -1.97. The lowest BCUT2D eigenvalue weighted by Gasteiger charge is -2.07. The van der Waals surface area contributed by atoms with E-state index in [-0.39, 0.29) is 0 Å². The minimum Gasteiger partial charge on any atom is -0.256 e.